The minimum absolute atomic E-state index is 0.583. The summed E-state index contributed by atoms with van der Waals surface area (Å²) in [6.45, 7) is 0. The van der Waals surface area contributed by atoms with Crippen molar-refractivity contribution in [3.8, 4) is 23.0 Å². The first-order valence-corrected chi connectivity index (χ1v) is 7.73. The van der Waals surface area contributed by atoms with Gasteiger partial charge in [-0.05, 0) is 51.3 Å². The third kappa shape index (κ3) is 3.99. The van der Waals surface area contributed by atoms with Gasteiger partial charge in [-0.2, -0.15) is 0 Å². The highest BCUT2D eigenvalue weighted by Crippen LogP contribution is 2.38. The molecule has 23 heavy (non-hydrogen) atoms. The van der Waals surface area contributed by atoms with Crippen molar-refractivity contribution in [2.75, 3.05) is 28.4 Å². The molecule has 0 N–H and O–H groups in total. The zero-order chi connectivity index (χ0) is 16.8. The average molecular weight is 379 g/mol. The van der Waals surface area contributed by atoms with Gasteiger partial charge in [-0.3, -0.25) is 0 Å². The molecular formula is C18H19BrO4. The summed E-state index contributed by atoms with van der Waals surface area (Å²) in [6.07, 6.45) is 3.99. The lowest BCUT2D eigenvalue weighted by atomic mass is 10.1. The van der Waals surface area contributed by atoms with E-state index in [1.807, 2.05) is 42.5 Å². The Hall–Kier alpha value is -2.14. The summed E-state index contributed by atoms with van der Waals surface area (Å²) in [5, 5.41) is 0. The van der Waals surface area contributed by atoms with Gasteiger partial charge in [-0.25, -0.2) is 0 Å². The van der Waals surface area contributed by atoms with Crippen molar-refractivity contribution in [1.29, 1.82) is 0 Å². The molecule has 0 saturated carbocycles. The van der Waals surface area contributed by atoms with E-state index in [4.69, 9.17) is 18.9 Å². The van der Waals surface area contributed by atoms with Crippen molar-refractivity contribution < 1.29 is 18.9 Å². The van der Waals surface area contributed by atoms with E-state index in [9.17, 15) is 0 Å². The molecule has 2 rings (SSSR count). The Morgan fingerprint density at radius 1 is 0.696 bits per heavy atom. The van der Waals surface area contributed by atoms with Crippen molar-refractivity contribution in [3.63, 3.8) is 0 Å². The third-order valence-electron chi connectivity index (χ3n) is 3.33. The Morgan fingerprint density at radius 2 is 1.26 bits per heavy atom. The fourth-order valence-electron chi connectivity index (χ4n) is 2.18. The number of rotatable bonds is 6. The second-order valence-corrected chi connectivity index (χ2v) is 5.54. The van der Waals surface area contributed by atoms with Crippen molar-refractivity contribution in [2.24, 2.45) is 0 Å². The van der Waals surface area contributed by atoms with E-state index < -0.39 is 0 Å². The average Bonchev–Trinajstić information content (AvgIpc) is 2.58. The van der Waals surface area contributed by atoms with Gasteiger partial charge in [-0.1, -0.05) is 18.2 Å². The molecule has 0 aliphatic rings. The summed E-state index contributed by atoms with van der Waals surface area (Å²) in [5.74, 6) is 2.64. The maximum Gasteiger partial charge on any atom is 0.203 e. The van der Waals surface area contributed by atoms with Crippen molar-refractivity contribution in [3.05, 3.63) is 45.9 Å². The molecule has 0 saturated heterocycles. The van der Waals surface area contributed by atoms with E-state index >= 15 is 0 Å². The molecule has 0 aliphatic carbocycles. The molecule has 0 unspecified atom stereocenters. The van der Waals surface area contributed by atoms with Crippen LogP contribution in [0.2, 0.25) is 0 Å². The van der Waals surface area contributed by atoms with Crippen LogP contribution in [0.1, 0.15) is 11.1 Å². The fourth-order valence-corrected chi connectivity index (χ4v) is 2.73. The molecule has 5 heteroatoms. The van der Waals surface area contributed by atoms with Crippen molar-refractivity contribution in [1.82, 2.24) is 0 Å². The smallest absolute Gasteiger partial charge is 0.203 e. The molecule has 0 heterocycles. The molecular weight excluding hydrogens is 360 g/mol. The highest BCUT2D eigenvalue weighted by molar-refractivity contribution is 9.10. The second-order valence-electron chi connectivity index (χ2n) is 4.69. The topological polar surface area (TPSA) is 36.9 Å². The van der Waals surface area contributed by atoms with Crippen LogP contribution in [-0.2, 0) is 0 Å². The molecule has 0 spiro atoms. The molecule has 4 nitrogen and oxygen atoms in total. The van der Waals surface area contributed by atoms with E-state index in [0.29, 0.717) is 17.2 Å². The third-order valence-corrected chi connectivity index (χ3v) is 3.95. The van der Waals surface area contributed by atoms with E-state index in [-0.39, 0.29) is 0 Å². The molecule has 0 bridgehead atoms. The maximum absolute atomic E-state index is 5.36. The Balaban J connectivity index is 2.34. The summed E-state index contributed by atoms with van der Waals surface area (Å²) in [6, 6.07) is 9.69. The number of halogens is 1. The molecule has 0 amide bonds. The monoisotopic (exact) mass is 378 g/mol. The van der Waals surface area contributed by atoms with Crippen molar-refractivity contribution >= 4 is 28.1 Å². The van der Waals surface area contributed by atoms with E-state index in [1.165, 1.54) is 0 Å². The lowest BCUT2D eigenvalue weighted by Crippen LogP contribution is -1.95. The highest BCUT2D eigenvalue weighted by atomic mass is 79.9. The molecule has 122 valence electrons. The first-order chi connectivity index (χ1) is 11.1. The first kappa shape index (κ1) is 17.2. The standard InChI is InChI=1S/C18H19BrO4/c1-20-15-8-7-12(9-14(15)19)5-6-13-10-16(21-2)18(23-4)17(11-13)22-3/h5-11H,1-4H3/b6-5+. The zero-order valence-electron chi connectivity index (χ0n) is 13.6. The molecule has 0 radical (unpaired) electrons. The Morgan fingerprint density at radius 3 is 1.74 bits per heavy atom. The van der Waals surface area contributed by atoms with Crippen LogP contribution in [0.25, 0.3) is 12.2 Å². The van der Waals surface area contributed by atoms with Crippen LogP contribution >= 0.6 is 15.9 Å². The molecule has 0 aromatic heterocycles. The Bertz CT molecular complexity index is 685. The predicted octanol–water partition coefficient (Wildman–Crippen LogP) is 4.65. The summed E-state index contributed by atoms with van der Waals surface area (Å²) in [7, 11) is 6.44. The molecule has 2 aromatic carbocycles. The molecule has 0 aliphatic heterocycles. The first-order valence-electron chi connectivity index (χ1n) is 6.94. The van der Waals surface area contributed by atoms with Gasteiger partial charge in [0.1, 0.15) is 5.75 Å². The summed E-state index contributed by atoms with van der Waals surface area (Å²) >= 11 is 3.48. The zero-order valence-corrected chi connectivity index (χ0v) is 15.1. The van der Waals surface area contributed by atoms with Crippen LogP contribution in [0, 0.1) is 0 Å². The molecule has 2 aromatic rings. The van der Waals surface area contributed by atoms with Gasteiger partial charge in [0.25, 0.3) is 0 Å². The molecule has 0 atom stereocenters. The number of benzene rings is 2. The van der Waals surface area contributed by atoms with E-state index in [1.54, 1.807) is 28.4 Å². The van der Waals surface area contributed by atoms with Gasteiger partial charge >= 0.3 is 0 Å². The van der Waals surface area contributed by atoms with Crippen LogP contribution in [-0.4, -0.2) is 28.4 Å². The summed E-state index contributed by atoms with van der Waals surface area (Å²) < 4.78 is 22.2. The number of ether oxygens (including phenoxy) is 4. The number of hydrogen-bond acceptors (Lipinski definition) is 4. The predicted molar refractivity (Wildman–Crippen MR) is 95.7 cm³/mol. The van der Waals surface area contributed by atoms with Gasteiger partial charge in [-0.15, -0.1) is 0 Å². The summed E-state index contributed by atoms with van der Waals surface area (Å²) in [4.78, 5) is 0. The number of hydrogen-bond donors (Lipinski definition) is 0. The summed E-state index contributed by atoms with van der Waals surface area (Å²) in [5.41, 5.74) is 2.00. The van der Waals surface area contributed by atoms with Crippen LogP contribution in [0.15, 0.2) is 34.8 Å². The van der Waals surface area contributed by atoms with Crippen molar-refractivity contribution in [2.45, 2.75) is 0 Å². The fraction of sp³-hybridized carbons (Fsp3) is 0.222. The normalized spacial score (nSPS) is 10.7. The van der Waals surface area contributed by atoms with Gasteiger partial charge < -0.3 is 18.9 Å². The minimum Gasteiger partial charge on any atom is -0.496 e. The van der Waals surface area contributed by atoms with Gasteiger partial charge in [0.05, 0.1) is 32.9 Å². The van der Waals surface area contributed by atoms with Gasteiger partial charge in [0.2, 0.25) is 5.75 Å². The minimum atomic E-state index is 0.583. The SMILES string of the molecule is COc1ccc(/C=C/c2cc(OC)c(OC)c(OC)c2)cc1Br. The van der Waals surface area contributed by atoms with Gasteiger partial charge in [0.15, 0.2) is 11.5 Å². The Labute approximate surface area is 144 Å². The second kappa shape index (κ2) is 7.92. The van der Waals surface area contributed by atoms with Crippen LogP contribution in [0.3, 0.4) is 0 Å². The van der Waals surface area contributed by atoms with Crippen LogP contribution in [0.4, 0.5) is 0 Å². The van der Waals surface area contributed by atoms with E-state index in [0.717, 1.165) is 21.3 Å². The highest BCUT2D eigenvalue weighted by Gasteiger charge is 2.11. The molecule has 0 fully saturated rings. The largest absolute Gasteiger partial charge is 0.496 e. The van der Waals surface area contributed by atoms with E-state index in [2.05, 4.69) is 15.9 Å². The van der Waals surface area contributed by atoms with Gasteiger partial charge in [0, 0.05) is 0 Å². The quantitative estimate of drug-likeness (QED) is 0.685. The maximum atomic E-state index is 5.36. The number of methoxy groups -OCH3 is 4. The lowest BCUT2D eigenvalue weighted by molar-refractivity contribution is 0.324. The van der Waals surface area contributed by atoms with Crippen LogP contribution < -0.4 is 18.9 Å². The Kier molecular flexibility index (Phi) is 5.93. The van der Waals surface area contributed by atoms with Crippen LogP contribution in [0.5, 0.6) is 23.0 Å². The lowest BCUT2D eigenvalue weighted by Gasteiger charge is -2.12.